The lowest BCUT2D eigenvalue weighted by molar-refractivity contribution is 0.475. The highest BCUT2D eigenvalue weighted by Gasteiger charge is 2.05. The van der Waals surface area contributed by atoms with Crippen LogP contribution < -0.4 is 0 Å². The van der Waals surface area contributed by atoms with Crippen molar-refractivity contribution in [3.63, 3.8) is 0 Å². The lowest BCUT2D eigenvalue weighted by Gasteiger charge is -2.02. The summed E-state index contributed by atoms with van der Waals surface area (Å²) in [5.74, 6) is 0.248. The summed E-state index contributed by atoms with van der Waals surface area (Å²) < 4.78 is 1.49. The van der Waals surface area contributed by atoms with Gasteiger partial charge in [0.05, 0.1) is 6.20 Å². The first-order valence-corrected chi connectivity index (χ1v) is 5.06. The van der Waals surface area contributed by atoms with Gasteiger partial charge in [-0.25, -0.2) is 9.50 Å². The second kappa shape index (κ2) is 3.48. The molecular formula is C12H9N3O2. The van der Waals surface area contributed by atoms with Crippen molar-refractivity contribution in [1.82, 2.24) is 14.6 Å². The van der Waals surface area contributed by atoms with Crippen LogP contribution in [0, 0.1) is 0 Å². The molecule has 0 aliphatic carbocycles. The molecule has 0 atom stereocenters. The Morgan fingerprint density at radius 3 is 2.76 bits per heavy atom. The number of benzene rings is 1. The smallest absolute Gasteiger partial charge is 0.197 e. The molecule has 5 heteroatoms. The van der Waals surface area contributed by atoms with Gasteiger partial charge in [0.1, 0.15) is 5.75 Å². The van der Waals surface area contributed by atoms with Crippen molar-refractivity contribution in [2.24, 2.45) is 0 Å². The number of hydrogen-bond donors (Lipinski definition) is 2. The van der Waals surface area contributed by atoms with Crippen LogP contribution in [0.15, 0.2) is 42.9 Å². The summed E-state index contributed by atoms with van der Waals surface area (Å²) in [7, 11) is 0. The molecule has 84 valence electrons. The van der Waals surface area contributed by atoms with Crippen LogP contribution in [0.1, 0.15) is 0 Å². The van der Waals surface area contributed by atoms with Gasteiger partial charge in [-0.05, 0) is 17.7 Å². The van der Waals surface area contributed by atoms with Crippen LogP contribution in [0.4, 0.5) is 0 Å². The van der Waals surface area contributed by atoms with E-state index in [1.54, 1.807) is 30.6 Å². The van der Waals surface area contributed by atoms with E-state index in [0.717, 1.165) is 11.1 Å². The van der Waals surface area contributed by atoms with Gasteiger partial charge in [-0.1, -0.05) is 12.1 Å². The number of rotatable bonds is 1. The first kappa shape index (κ1) is 9.65. The molecule has 0 spiro atoms. The third-order valence-corrected chi connectivity index (χ3v) is 2.52. The number of phenolic OH excluding ortho intramolecular Hbond substituents is 1. The molecule has 3 aromatic rings. The summed E-state index contributed by atoms with van der Waals surface area (Å²) in [5, 5.41) is 22.8. The third-order valence-electron chi connectivity index (χ3n) is 2.52. The van der Waals surface area contributed by atoms with E-state index in [2.05, 4.69) is 10.1 Å². The molecular weight excluding hydrogens is 218 g/mol. The second-order valence-electron chi connectivity index (χ2n) is 3.69. The van der Waals surface area contributed by atoms with Gasteiger partial charge in [0.2, 0.25) is 0 Å². The van der Waals surface area contributed by atoms with Gasteiger partial charge < -0.3 is 10.2 Å². The Morgan fingerprint density at radius 2 is 1.94 bits per heavy atom. The van der Waals surface area contributed by atoms with Crippen molar-refractivity contribution in [2.45, 2.75) is 0 Å². The van der Waals surface area contributed by atoms with E-state index < -0.39 is 0 Å². The van der Waals surface area contributed by atoms with Crippen molar-refractivity contribution in [3.05, 3.63) is 42.9 Å². The topological polar surface area (TPSA) is 70.7 Å². The minimum absolute atomic E-state index is 0.0486. The zero-order chi connectivity index (χ0) is 11.8. The van der Waals surface area contributed by atoms with Gasteiger partial charge >= 0.3 is 0 Å². The van der Waals surface area contributed by atoms with Crippen LogP contribution in [0.3, 0.4) is 0 Å². The molecule has 0 saturated heterocycles. The first-order chi connectivity index (χ1) is 8.24. The Hall–Kier alpha value is -2.56. The van der Waals surface area contributed by atoms with Crippen molar-refractivity contribution in [1.29, 1.82) is 0 Å². The third kappa shape index (κ3) is 1.57. The van der Waals surface area contributed by atoms with E-state index in [1.807, 2.05) is 6.07 Å². The van der Waals surface area contributed by atoms with Crippen LogP contribution in [0.25, 0.3) is 16.8 Å². The van der Waals surface area contributed by atoms with Crippen molar-refractivity contribution in [3.8, 4) is 22.6 Å². The molecule has 0 radical (unpaired) electrons. The normalized spacial score (nSPS) is 10.8. The van der Waals surface area contributed by atoms with E-state index in [9.17, 15) is 10.2 Å². The summed E-state index contributed by atoms with van der Waals surface area (Å²) in [6.45, 7) is 0. The molecule has 0 unspecified atom stereocenters. The highest BCUT2D eigenvalue weighted by Crippen LogP contribution is 2.24. The summed E-state index contributed by atoms with van der Waals surface area (Å²) in [6, 6.07) is 6.88. The Morgan fingerprint density at radius 1 is 1.06 bits per heavy atom. The van der Waals surface area contributed by atoms with Crippen LogP contribution in [0.5, 0.6) is 11.5 Å². The van der Waals surface area contributed by atoms with Crippen LogP contribution in [0.2, 0.25) is 0 Å². The maximum absolute atomic E-state index is 9.43. The standard InChI is InChI=1S/C12H9N3O2/c16-10-3-1-2-8(4-10)9-5-13-12-11(17)6-14-15(12)7-9/h1-7,16-17H. The molecule has 2 heterocycles. The highest BCUT2D eigenvalue weighted by atomic mass is 16.3. The minimum atomic E-state index is 0.0486. The molecule has 17 heavy (non-hydrogen) atoms. The Balaban J connectivity index is 2.18. The molecule has 0 bridgehead atoms. The number of phenols is 1. The van der Waals surface area contributed by atoms with Gasteiger partial charge in [-0.3, -0.25) is 0 Å². The summed E-state index contributed by atoms with van der Waals surface area (Å²) >= 11 is 0. The van der Waals surface area contributed by atoms with Crippen molar-refractivity contribution in [2.75, 3.05) is 0 Å². The predicted molar refractivity (Wildman–Crippen MR) is 61.8 cm³/mol. The summed E-state index contributed by atoms with van der Waals surface area (Å²) in [6.07, 6.45) is 4.72. The monoisotopic (exact) mass is 227 g/mol. The lowest BCUT2D eigenvalue weighted by Crippen LogP contribution is -1.91. The fraction of sp³-hybridized carbons (Fsp3) is 0. The van der Waals surface area contributed by atoms with Crippen LogP contribution >= 0.6 is 0 Å². The van der Waals surface area contributed by atoms with E-state index in [0.29, 0.717) is 5.65 Å². The van der Waals surface area contributed by atoms with E-state index in [1.165, 1.54) is 10.7 Å². The van der Waals surface area contributed by atoms with Crippen LogP contribution in [-0.2, 0) is 0 Å². The summed E-state index contributed by atoms with van der Waals surface area (Å²) in [5.41, 5.74) is 2.07. The fourth-order valence-corrected chi connectivity index (χ4v) is 1.70. The van der Waals surface area contributed by atoms with E-state index in [-0.39, 0.29) is 11.5 Å². The minimum Gasteiger partial charge on any atom is -0.508 e. The number of fused-ring (bicyclic) bond motifs is 1. The maximum atomic E-state index is 9.43. The first-order valence-electron chi connectivity index (χ1n) is 5.06. The van der Waals surface area contributed by atoms with E-state index >= 15 is 0 Å². The Labute approximate surface area is 96.6 Å². The second-order valence-corrected chi connectivity index (χ2v) is 3.69. The van der Waals surface area contributed by atoms with Gasteiger partial charge in [0.25, 0.3) is 0 Å². The van der Waals surface area contributed by atoms with Crippen molar-refractivity contribution < 1.29 is 10.2 Å². The number of hydrogen-bond acceptors (Lipinski definition) is 4. The van der Waals surface area contributed by atoms with Gasteiger partial charge in [0, 0.05) is 18.0 Å². The molecule has 0 aliphatic heterocycles. The Kier molecular flexibility index (Phi) is 1.98. The molecule has 0 amide bonds. The number of aromatic hydroxyl groups is 2. The largest absolute Gasteiger partial charge is 0.508 e. The summed E-state index contributed by atoms with van der Waals surface area (Å²) in [4.78, 5) is 4.12. The average molecular weight is 227 g/mol. The quantitative estimate of drug-likeness (QED) is 0.665. The van der Waals surface area contributed by atoms with Crippen LogP contribution in [-0.4, -0.2) is 24.8 Å². The zero-order valence-corrected chi connectivity index (χ0v) is 8.78. The molecule has 1 aromatic carbocycles. The van der Waals surface area contributed by atoms with Gasteiger partial charge in [-0.2, -0.15) is 5.10 Å². The van der Waals surface area contributed by atoms with E-state index in [4.69, 9.17) is 0 Å². The van der Waals surface area contributed by atoms with Gasteiger partial charge in [-0.15, -0.1) is 0 Å². The molecule has 5 nitrogen and oxygen atoms in total. The average Bonchev–Trinajstić information content (AvgIpc) is 2.71. The molecule has 3 rings (SSSR count). The number of nitrogens with zero attached hydrogens (tertiary/aromatic N) is 3. The van der Waals surface area contributed by atoms with Gasteiger partial charge in [0.15, 0.2) is 11.4 Å². The zero-order valence-electron chi connectivity index (χ0n) is 8.78. The fourth-order valence-electron chi connectivity index (χ4n) is 1.70. The molecule has 0 aliphatic rings. The number of aromatic nitrogens is 3. The highest BCUT2D eigenvalue weighted by molar-refractivity contribution is 5.65. The maximum Gasteiger partial charge on any atom is 0.197 e. The molecule has 2 aromatic heterocycles. The lowest BCUT2D eigenvalue weighted by atomic mass is 10.1. The Bertz CT molecular complexity index is 691. The van der Waals surface area contributed by atoms with Crippen molar-refractivity contribution >= 4 is 5.65 Å². The molecule has 2 N–H and O–H groups in total. The molecule has 0 fully saturated rings. The SMILES string of the molecule is Oc1cccc(-c2cnc3c(O)cnn3c2)c1. The predicted octanol–water partition coefficient (Wildman–Crippen LogP) is 1.81. The molecule has 0 saturated carbocycles.